The smallest absolute Gasteiger partial charge is 0.227 e. The average molecular weight is 371 g/mol. The van der Waals surface area contributed by atoms with E-state index in [-0.39, 0.29) is 17.7 Å². The Kier molecular flexibility index (Phi) is 6.56. The summed E-state index contributed by atoms with van der Waals surface area (Å²) in [5.41, 5.74) is 2.14. The van der Waals surface area contributed by atoms with E-state index in [4.69, 9.17) is 0 Å². The van der Waals surface area contributed by atoms with Gasteiger partial charge in [0.25, 0.3) is 0 Å². The third-order valence-electron chi connectivity index (χ3n) is 6.26. The summed E-state index contributed by atoms with van der Waals surface area (Å²) >= 11 is 0. The highest BCUT2D eigenvalue weighted by molar-refractivity contribution is 5.92. The van der Waals surface area contributed by atoms with E-state index in [1.807, 2.05) is 12.1 Å². The van der Waals surface area contributed by atoms with Gasteiger partial charge in [0, 0.05) is 30.6 Å². The predicted molar refractivity (Wildman–Crippen MR) is 110 cm³/mol. The summed E-state index contributed by atoms with van der Waals surface area (Å²) in [6.45, 7) is 8.38. The molecule has 3 rings (SSSR count). The molecular formula is C23H34N2O2. The molecule has 0 radical (unpaired) electrons. The lowest BCUT2D eigenvalue weighted by Crippen LogP contribution is -2.43. The topological polar surface area (TPSA) is 49.4 Å². The average Bonchev–Trinajstić information content (AvgIpc) is 2.68. The van der Waals surface area contributed by atoms with Gasteiger partial charge in [-0.05, 0) is 68.1 Å². The molecule has 0 bridgehead atoms. The first kappa shape index (κ1) is 19.9. The minimum Gasteiger partial charge on any atom is -0.342 e. The molecule has 1 saturated carbocycles. The summed E-state index contributed by atoms with van der Waals surface area (Å²) < 4.78 is 0. The number of hydrogen-bond donors (Lipinski definition) is 1. The van der Waals surface area contributed by atoms with E-state index in [0.717, 1.165) is 50.9 Å². The zero-order valence-electron chi connectivity index (χ0n) is 17.0. The first-order valence-corrected chi connectivity index (χ1v) is 10.6. The highest BCUT2D eigenvalue weighted by Gasteiger charge is 2.33. The summed E-state index contributed by atoms with van der Waals surface area (Å²) in [6, 6.07) is 8.13. The molecule has 1 unspecified atom stereocenters. The summed E-state index contributed by atoms with van der Waals surface area (Å²) in [4.78, 5) is 27.4. The van der Waals surface area contributed by atoms with Crippen molar-refractivity contribution in [2.45, 2.75) is 65.2 Å². The molecule has 1 atom stereocenters. The van der Waals surface area contributed by atoms with Gasteiger partial charge in [-0.2, -0.15) is 0 Å². The number of amides is 2. The van der Waals surface area contributed by atoms with E-state index < -0.39 is 0 Å². The second kappa shape index (κ2) is 8.90. The van der Waals surface area contributed by atoms with Crippen molar-refractivity contribution in [1.29, 1.82) is 0 Å². The van der Waals surface area contributed by atoms with Gasteiger partial charge >= 0.3 is 0 Å². The van der Waals surface area contributed by atoms with Crippen LogP contribution < -0.4 is 5.32 Å². The van der Waals surface area contributed by atoms with Crippen LogP contribution in [0.4, 0.5) is 5.69 Å². The summed E-state index contributed by atoms with van der Waals surface area (Å²) in [6.07, 6.45) is 5.67. The lowest BCUT2D eigenvalue weighted by molar-refractivity contribution is -0.139. The van der Waals surface area contributed by atoms with Crippen molar-refractivity contribution >= 4 is 17.5 Å². The van der Waals surface area contributed by atoms with E-state index in [1.165, 1.54) is 12.0 Å². The standard InChI is InChI=1S/C23H34N2O2/c1-16(2)18-10-12-21(13-11-18)24-22(26)19-6-8-20(9-7-19)23(27)25-14-4-5-17(3)15-25/h10-13,16-17,19-20H,4-9,14-15H2,1-3H3,(H,24,26). The maximum atomic E-state index is 12.8. The number of piperidine rings is 1. The number of hydrogen-bond acceptors (Lipinski definition) is 2. The van der Waals surface area contributed by atoms with Gasteiger partial charge in [-0.1, -0.05) is 32.9 Å². The molecule has 2 amide bonds. The van der Waals surface area contributed by atoms with Crippen LogP contribution in [0.25, 0.3) is 0 Å². The Morgan fingerprint density at radius 3 is 2.22 bits per heavy atom. The molecule has 4 heteroatoms. The zero-order chi connectivity index (χ0) is 19.4. The first-order valence-electron chi connectivity index (χ1n) is 10.6. The van der Waals surface area contributed by atoms with Crippen LogP contribution in [0, 0.1) is 17.8 Å². The molecule has 1 aromatic carbocycles. The number of carbonyl (C=O) groups is 2. The number of nitrogens with zero attached hydrogens (tertiary/aromatic N) is 1. The largest absolute Gasteiger partial charge is 0.342 e. The van der Waals surface area contributed by atoms with Gasteiger partial charge in [0.05, 0.1) is 0 Å². The quantitative estimate of drug-likeness (QED) is 0.826. The molecule has 0 aromatic heterocycles. The summed E-state index contributed by atoms with van der Waals surface area (Å²) in [5, 5.41) is 3.06. The van der Waals surface area contributed by atoms with Crippen LogP contribution in [0.3, 0.4) is 0 Å². The van der Waals surface area contributed by atoms with E-state index in [9.17, 15) is 9.59 Å². The van der Waals surface area contributed by atoms with Gasteiger partial charge in [0.15, 0.2) is 0 Å². The van der Waals surface area contributed by atoms with Crippen LogP contribution in [0.15, 0.2) is 24.3 Å². The summed E-state index contributed by atoms with van der Waals surface area (Å²) in [5.74, 6) is 1.68. The van der Waals surface area contributed by atoms with E-state index in [0.29, 0.717) is 17.7 Å². The second-order valence-corrected chi connectivity index (χ2v) is 8.85. The van der Waals surface area contributed by atoms with E-state index in [1.54, 1.807) is 0 Å². The maximum absolute atomic E-state index is 12.8. The third-order valence-corrected chi connectivity index (χ3v) is 6.26. The fourth-order valence-corrected chi connectivity index (χ4v) is 4.45. The van der Waals surface area contributed by atoms with Crippen molar-refractivity contribution in [3.8, 4) is 0 Å². The molecule has 2 aliphatic rings. The number of anilines is 1. The second-order valence-electron chi connectivity index (χ2n) is 8.85. The van der Waals surface area contributed by atoms with Crippen molar-refractivity contribution < 1.29 is 9.59 Å². The molecule has 27 heavy (non-hydrogen) atoms. The Morgan fingerprint density at radius 1 is 1.00 bits per heavy atom. The van der Waals surface area contributed by atoms with Gasteiger partial charge < -0.3 is 10.2 Å². The monoisotopic (exact) mass is 370 g/mol. The fourth-order valence-electron chi connectivity index (χ4n) is 4.45. The molecule has 2 fully saturated rings. The van der Waals surface area contributed by atoms with Crippen molar-refractivity contribution in [3.05, 3.63) is 29.8 Å². The molecule has 4 nitrogen and oxygen atoms in total. The van der Waals surface area contributed by atoms with Crippen LogP contribution in [-0.2, 0) is 9.59 Å². The normalized spacial score (nSPS) is 26.1. The van der Waals surface area contributed by atoms with Crippen LogP contribution in [0.5, 0.6) is 0 Å². The maximum Gasteiger partial charge on any atom is 0.227 e. The van der Waals surface area contributed by atoms with Crippen LogP contribution in [-0.4, -0.2) is 29.8 Å². The molecule has 1 aromatic rings. The Morgan fingerprint density at radius 2 is 1.63 bits per heavy atom. The Bertz CT molecular complexity index is 645. The number of nitrogens with one attached hydrogen (secondary N) is 1. The minimum absolute atomic E-state index is 0.0269. The van der Waals surface area contributed by atoms with Gasteiger partial charge in [-0.15, -0.1) is 0 Å². The molecule has 0 spiro atoms. The number of rotatable bonds is 4. The molecule has 1 aliphatic heterocycles. The Hall–Kier alpha value is -1.84. The first-order chi connectivity index (χ1) is 12.9. The van der Waals surface area contributed by atoms with Crippen molar-refractivity contribution in [3.63, 3.8) is 0 Å². The van der Waals surface area contributed by atoms with E-state index in [2.05, 4.69) is 43.1 Å². The zero-order valence-corrected chi connectivity index (χ0v) is 17.0. The van der Waals surface area contributed by atoms with Crippen molar-refractivity contribution in [1.82, 2.24) is 4.90 Å². The number of likely N-dealkylation sites (tertiary alicyclic amines) is 1. The van der Waals surface area contributed by atoms with Crippen molar-refractivity contribution in [2.24, 2.45) is 17.8 Å². The molecule has 1 N–H and O–H groups in total. The predicted octanol–water partition coefficient (Wildman–Crippen LogP) is 4.81. The lowest BCUT2D eigenvalue weighted by atomic mass is 9.80. The van der Waals surface area contributed by atoms with Gasteiger partial charge in [0.2, 0.25) is 11.8 Å². The minimum atomic E-state index is 0.0269. The van der Waals surface area contributed by atoms with Gasteiger partial charge in [-0.25, -0.2) is 0 Å². The van der Waals surface area contributed by atoms with Crippen molar-refractivity contribution in [2.75, 3.05) is 18.4 Å². The lowest BCUT2D eigenvalue weighted by Gasteiger charge is -2.35. The molecule has 1 aliphatic carbocycles. The third kappa shape index (κ3) is 5.12. The SMILES string of the molecule is CC1CCCN(C(=O)C2CCC(C(=O)Nc3ccc(C(C)C)cc3)CC2)C1. The molecule has 1 saturated heterocycles. The van der Waals surface area contributed by atoms with Crippen LogP contribution >= 0.6 is 0 Å². The molecule has 1 heterocycles. The number of carbonyl (C=O) groups excluding carboxylic acids is 2. The highest BCUT2D eigenvalue weighted by Crippen LogP contribution is 2.32. The summed E-state index contributed by atoms with van der Waals surface area (Å²) in [7, 11) is 0. The Balaban J connectivity index is 1.48. The van der Waals surface area contributed by atoms with E-state index >= 15 is 0 Å². The van der Waals surface area contributed by atoms with Crippen LogP contribution in [0.2, 0.25) is 0 Å². The van der Waals surface area contributed by atoms with Gasteiger partial charge in [-0.3, -0.25) is 9.59 Å². The Labute approximate surface area is 163 Å². The van der Waals surface area contributed by atoms with Gasteiger partial charge in [0.1, 0.15) is 0 Å². The van der Waals surface area contributed by atoms with Crippen LogP contribution in [0.1, 0.15) is 70.8 Å². The molecule has 148 valence electrons. The fraction of sp³-hybridized carbons (Fsp3) is 0.652. The number of benzene rings is 1. The molecular weight excluding hydrogens is 336 g/mol. The highest BCUT2D eigenvalue weighted by atomic mass is 16.2.